The molecule has 1 fully saturated rings. The standard InChI is InChI=1S/C23H22Cl2N4O2/c24-16-8-9-20(19(25)14-16)29-22-15(13-17-6-4-12-31-17)5-3-7-18(22)21(26-29)23(30)27-28-10-1-2-11-28/h4,6,8-9,12-14H,1-3,5,7,10-11H2,(H,27,30)/b15-13+. The van der Waals surface area contributed by atoms with Crippen molar-refractivity contribution in [3.8, 4) is 5.69 Å². The number of carbonyl (C=O) groups is 1. The van der Waals surface area contributed by atoms with E-state index in [1.165, 1.54) is 0 Å². The van der Waals surface area contributed by atoms with Crippen molar-refractivity contribution in [2.45, 2.75) is 32.1 Å². The summed E-state index contributed by atoms with van der Waals surface area (Å²) in [5.41, 5.74) is 7.06. The number of fused-ring (bicyclic) bond motifs is 1. The molecule has 1 N–H and O–H groups in total. The van der Waals surface area contributed by atoms with Crippen molar-refractivity contribution >= 4 is 40.8 Å². The number of nitrogens with zero attached hydrogens (tertiary/aromatic N) is 3. The van der Waals surface area contributed by atoms with Crippen LogP contribution in [0.15, 0.2) is 41.0 Å². The minimum atomic E-state index is -0.179. The molecule has 1 aliphatic carbocycles. The summed E-state index contributed by atoms with van der Waals surface area (Å²) in [5, 5.41) is 7.74. The van der Waals surface area contributed by atoms with Gasteiger partial charge in [0.1, 0.15) is 5.76 Å². The van der Waals surface area contributed by atoms with Gasteiger partial charge in [-0.25, -0.2) is 9.69 Å². The number of hydrazine groups is 1. The molecule has 2 aromatic heterocycles. The fourth-order valence-corrected chi connectivity index (χ4v) is 4.80. The Labute approximate surface area is 190 Å². The number of rotatable bonds is 4. The maximum atomic E-state index is 13.2. The number of hydrogen-bond donors (Lipinski definition) is 1. The Kier molecular flexibility index (Phi) is 5.61. The molecule has 0 bridgehead atoms. The van der Waals surface area contributed by atoms with Gasteiger partial charge in [0, 0.05) is 23.7 Å². The van der Waals surface area contributed by atoms with Crippen LogP contribution < -0.4 is 5.43 Å². The molecule has 1 saturated heterocycles. The molecular formula is C23H22Cl2N4O2. The first kappa shape index (κ1) is 20.4. The van der Waals surface area contributed by atoms with Gasteiger partial charge in [0.05, 0.1) is 22.7 Å². The van der Waals surface area contributed by atoms with Gasteiger partial charge < -0.3 is 4.42 Å². The monoisotopic (exact) mass is 456 g/mol. The van der Waals surface area contributed by atoms with Crippen LogP contribution in [0.3, 0.4) is 0 Å². The zero-order valence-corrected chi connectivity index (χ0v) is 18.4. The van der Waals surface area contributed by atoms with Crippen LogP contribution in [0.2, 0.25) is 10.0 Å². The fraction of sp³-hybridized carbons (Fsp3) is 0.304. The number of aromatic nitrogens is 2. The molecule has 0 atom stereocenters. The Morgan fingerprint density at radius 2 is 1.97 bits per heavy atom. The summed E-state index contributed by atoms with van der Waals surface area (Å²) >= 11 is 12.6. The summed E-state index contributed by atoms with van der Waals surface area (Å²) < 4.78 is 7.32. The van der Waals surface area contributed by atoms with Crippen molar-refractivity contribution in [2.75, 3.05) is 13.1 Å². The lowest BCUT2D eigenvalue weighted by Crippen LogP contribution is -2.40. The number of carbonyl (C=O) groups excluding carboxylic acids is 1. The van der Waals surface area contributed by atoms with E-state index in [1.54, 1.807) is 23.1 Å². The van der Waals surface area contributed by atoms with Crippen molar-refractivity contribution in [1.29, 1.82) is 0 Å². The van der Waals surface area contributed by atoms with Crippen molar-refractivity contribution in [2.24, 2.45) is 0 Å². The van der Waals surface area contributed by atoms with E-state index >= 15 is 0 Å². The molecule has 0 unspecified atom stereocenters. The summed E-state index contributed by atoms with van der Waals surface area (Å²) in [6, 6.07) is 9.07. The lowest BCUT2D eigenvalue weighted by Gasteiger charge is -2.19. The van der Waals surface area contributed by atoms with E-state index in [4.69, 9.17) is 32.7 Å². The molecule has 6 nitrogen and oxygen atoms in total. The van der Waals surface area contributed by atoms with Gasteiger partial charge in [-0.2, -0.15) is 5.10 Å². The highest BCUT2D eigenvalue weighted by molar-refractivity contribution is 6.35. The third-order valence-electron chi connectivity index (χ3n) is 5.74. The molecule has 1 aromatic carbocycles. The number of furan rings is 1. The maximum absolute atomic E-state index is 13.2. The van der Waals surface area contributed by atoms with Gasteiger partial charge in [-0.05, 0) is 74.1 Å². The second-order valence-electron chi connectivity index (χ2n) is 7.86. The Hall–Kier alpha value is -2.54. The number of nitrogens with one attached hydrogen (secondary N) is 1. The summed E-state index contributed by atoms with van der Waals surface area (Å²) in [6.45, 7) is 1.72. The van der Waals surface area contributed by atoms with Gasteiger partial charge in [-0.15, -0.1) is 0 Å². The highest BCUT2D eigenvalue weighted by Crippen LogP contribution is 2.37. The number of hydrogen-bond acceptors (Lipinski definition) is 4. The van der Waals surface area contributed by atoms with E-state index in [0.717, 1.165) is 67.8 Å². The minimum absolute atomic E-state index is 0.179. The van der Waals surface area contributed by atoms with Crippen molar-refractivity contribution < 1.29 is 9.21 Å². The van der Waals surface area contributed by atoms with Crippen molar-refractivity contribution in [3.05, 3.63) is 69.4 Å². The SMILES string of the molecule is O=C(NN1CCCC1)c1nn(-c2ccc(Cl)cc2Cl)c2c1CCC/C2=C\c1ccco1. The number of halogens is 2. The molecule has 5 rings (SSSR count). The molecule has 3 heterocycles. The van der Waals surface area contributed by atoms with Crippen LogP contribution >= 0.6 is 23.2 Å². The Morgan fingerprint density at radius 3 is 2.71 bits per heavy atom. The van der Waals surface area contributed by atoms with E-state index in [0.29, 0.717) is 21.4 Å². The predicted molar refractivity (Wildman–Crippen MR) is 121 cm³/mol. The molecule has 1 amide bonds. The highest BCUT2D eigenvalue weighted by Gasteiger charge is 2.30. The number of benzene rings is 1. The molecule has 0 saturated carbocycles. The van der Waals surface area contributed by atoms with Crippen molar-refractivity contribution in [1.82, 2.24) is 20.2 Å². The third kappa shape index (κ3) is 4.03. The average molecular weight is 457 g/mol. The predicted octanol–water partition coefficient (Wildman–Crippen LogP) is 5.39. The molecule has 3 aromatic rings. The Bertz CT molecular complexity index is 1140. The second kappa shape index (κ2) is 8.54. The second-order valence-corrected chi connectivity index (χ2v) is 8.70. The first-order valence-electron chi connectivity index (χ1n) is 10.5. The normalized spacial score (nSPS) is 17.8. The number of amides is 1. The smallest absolute Gasteiger partial charge is 0.286 e. The third-order valence-corrected chi connectivity index (χ3v) is 6.28. The average Bonchev–Trinajstić information content (AvgIpc) is 3.49. The van der Waals surface area contributed by atoms with Crippen LogP contribution in [-0.4, -0.2) is 33.8 Å². The van der Waals surface area contributed by atoms with Crippen LogP contribution in [0.4, 0.5) is 0 Å². The lowest BCUT2D eigenvalue weighted by atomic mass is 9.90. The maximum Gasteiger partial charge on any atom is 0.286 e. The Morgan fingerprint density at radius 1 is 1.13 bits per heavy atom. The van der Waals surface area contributed by atoms with Crippen LogP contribution in [0, 0.1) is 0 Å². The molecule has 1 aliphatic heterocycles. The van der Waals surface area contributed by atoms with Gasteiger partial charge in [0.2, 0.25) is 0 Å². The van der Waals surface area contributed by atoms with E-state index in [1.807, 2.05) is 29.3 Å². The molecule has 160 valence electrons. The van der Waals surface area contributed by atoms with Gasteiger partial charge in [0.25, 0.3) is 5.91 Å². The van der Waals surface area contributed by atoms with E-state index < -0.39 is 0 Å². The zero-order chi connectivity index (χ0) is 21.4. The van der Waals surface area contributed by atoms with Crippen LogP contribution in [0.1, 0.15) is 53.2 Å². The molecule has 2 aliphatic rings. The highest BCUT2D eigenvalue weighted by atomic mass is 35.5. The van der Waals surface area contributed by atoms with Crippen molar-refractivity contribution in [3.63, 3.8) is 0 Å². The summed E-state index contributed by atoms with van der Waals surface area (Å²) in [7, 11) is 0. The largest absolute Gasteiger partial charge is 0.465 e. The topological polar surface area (TPSA) is 63.3 Å². The minimum Gasteiger partial charge on any atom is -0.465 e. The van der Waals surface area contributed by atoms with E-state index in [2.05, 4.69) is 5.43 Å². The summed E-state index contributed by atoms with van der Waals surface area (Å²) in [4.78, 5) is 13.2. The van der Waals surface area contributed by atoms with E-state index in [-0.39, 0.29) is 5.91 Å². The molecule has 8 heteroatoms. The van der Waals surface area contributed by atoms with Gasteiger partial charge in [-0.3, -0.25) is 10.2 Å². The number of allylic oxidation sites excluding steroid dienone is 1. The molecule has 0 radical (unpaired) electrons. The lowest BCUT2D eigenvalue weighted by molar-refractivity contribution is 0.0819. The molecular weight excluding hydrogens is 435 g/mol. The van der Waals surface area contributed by atoms with Gasteiger partial charge in [0.15, 0.2) is 5.69 Å². The first-order chi connectivity index (χ1) is 15.1. The van der Waals surface area contributed by atoms with Gasteiger partial charge >= 0.3 is 0 Å². The fourth-order valence-electron chi connectivity index (χ4n) is 4.31. The summed E-state index contributed by atoms with van der Waals surface area (Å²) in [5.74, 6) is 0.585. The van der Waals surface area contributed by atoms with Crippen LogP contribution in [0.25, 0.3) is 17.3 Å². The zero-order valence-electron chi connectivity index (χ0n) is 16.9. The van der Waals surface area contributed by atoms with Gasteiger partial charge in [-0.1, -0.05) is 23.2 Å². The van der Waals surface area contributed by atoms with E-state index in [9.17, 15) is 4.79 Å². The van der Waals surface area contributed by atoms with Crippen LogP contribution in [0.5, 0.6) is 0 Å². The Balaban J connectivity index is 1.64. The quantitative estimate of drug-likeness (QED) is 0.571. The summed E-state index contributed by atoms with van der Waals surface area (Å²) in [6.07, 6.45) is 8.41. The molecule has 0 spiro atoms. The first-order valence-corrected chi connectivity index (χ1v) is 11.2. The molecule has 31 heavy (non-hydrogen) atoms. The van der Waals surface area contributed by atoms with Crippen LogP contribution in [-0.2, 0) is 6.42 Å².